The fourth-order valence-corrected chi connectivity index (χ4v) is 1.90. The maximum absolute atomic E-state index is 13.7. The first-order valence-electron chi connectivity index (χ1n) is 6.19. The molecule has 0 N–H and O–H groups in total. The van der Waals surface area contributed by atoms with Crippen LogP contribution in [-0.2, 0) is 12.4 Å². The van der Waals surface area contributed by atoms with Crippen LogP contribution in [0, 0.1) is 11.6 Å². The average Bonchev–Trinajstić information content (AvgIpc) is 2.44. The number of hydrogen-bond donors (Lipinski definition) is 0. The molecule has 2 rings (SSSR count). The number of alkyl halides is 6. The largest absolute Gasteiger partial charge is 0.416 e. The second kappa shape index (κ2) is 5.88. The highest BCUT2D eigenvalue weighted by Gasteiger charge is 2.33. The summed E-state index contributed by atoms with van der Waals surface area (Å²) in [6, 6.07) is 1.93. The van der Waals surface area contributed by atoms with E-state index < -0.39 is 52.0 Å². The van der Waals surface area contributed by atoms with Crippen LogP contribution in [0.4, 0.5) is 35.1 Å². The number of hydrogen-bond acceptors (Lipinski definition) is 1. The summed E-state index contributed by atoms with van der Waals surface area (Å²) in [6.45, 7) is 0. The number of ketones is 1. The lowest BCUT2D eigenvalue weighted by atomic mass is 9.99. The molecule has 9 heteroatoms. The third-order valence-corrected chi connectivity index (χ3v) is 3.08. The summed E-state index contributed by atoms with van der Waals surface area (Å²) in [4.78, 5) is 12.0. The van der Waals surface area contributed by atoms with E-state index in [-0.39, 0.29) is 12.1 Å². The first kappa shape index (κ1) is 17.9. The van der Waals surface area contributed by atoms with E-state index in [0.717, 1.165) is 0 Å². The van der Waals surface area contributed by atoms with Gasteiger partial charge >= 0.3 is 12.4 Å². The molecule has 1 nitrogen and oxygen atoms in total. The molecule has 2 aromatic rings. The highest BCUT2D eigenvalue weighted by Crippen LogP contribution is 2.32. The third kappa shape index (κ3) is 3.55. The Bertz CT molecular complexity index is 724. The molecule has 0 saturated carbocycles. The van der Waals surface area contributed by atoms with Gasteiger partial charge in [-0.1, -0.05) is 0 Å². The fraction of sp³-hybridized carbons (Fsp3) is 0.133. The summed E-state index contributed by atoms with van der Waals surface area (Å²) >= 11 is 0. The van der Waals surface area contributed by atoms with E-state index >= 15 is 0 Å². The van der Waals surface area contributed by atoms with Gasteiger partial charge < -0.3 is 0 Å². The normalized spacial score (nSPS) is 12.3. The molecule has 0 spiro atoms. The van der Waals surface area contributed by atoms with E-state index in [4.69, 9.17) is 0 Å². The van der Waals surface area contributed by atoms with Gasteiger partial charge in [0.15, 0.2) is 5.78 Å². The summed E-state index contributed by atoms with van der Waals surface area (Å²) in [5, 5.41) is 0. The minimum absolute atomic E-state index is 0.0508. The Morgan fingerprint density at radius 3 is 1.25 bits per heavy atom. The van der Waals surface area contributed by atoms with Gasteiger partial charge in [-0.25, -0.2) is 8.78 Å². The molecule has 0 aliphatic rings. The topological polar surface area (TPSA) is 17.1 Å². The van der Waals surface area contributed by atoms with Crippen LogP contribution in [-0.4, -0.2) is 5.78 Å². The number of carbonyl (C=O) groups is 1. The molecule has 0 heterocycles. The molecule has 0 fully saturated rings. The standard InChI is InChI=1S/C15H6F8O/c16-11-5-7(14(18,19)20)1-3-9(11)13(24)10-4-2-8(6-12(10)17)15(21,22)23/h1-6H. The lowest BCUT2D eigenvalue weighted by molar-refractivity contribution is -0.138. The van der Waals surface area contributed by atoms with Gasteiger partial charge in [-0.3, -0.25) is 4.79 Å². The van der Waals surface area contributed by atoms with Crippen molar-refractivity contribution in [2.45, 2.75) is 12.4 Å². The lowest BCUT2D eigenvalue weighted by Gasteiger charge is -2.10. The Hall–Kier alpha value is -2.45. The molecule has 24 heavy (non-hydrogen) atoms. The zero-order valence-corrected chi connectivity index (χ0v) is 11.4. The van der Waals surface area contributed by atoms with Crippen molar-refractivity contribution >= 4 is 5.78 Å². The molecule has 2 aromatic carbocycles. The number of halogens is 8. The van der Waals surface area contributed by atoms with Crippen molar-refractivity contribution in [1.29, 1.82) is 0 Å². The zero-order chi connectivity index (χ0) is 18.3. The summed E-state index contributed by atoms with van der Waals surface area (Å²) in [5.41, 5.74) is -4.49. The average molecular weight is 354 g/mol. The predicted octanol–water partition coefficient (Wildman–Crippen LogP) is 5.23. The van der Waals surface area contributed by atoms with Gasteiger partial charge in [0.2, 0.25) is 0 Å². The van der Waals surface area contributed by atoms with E-state index in [1.54, 1.807) is 0 Å². The Balaban J connectivity index is 2.43. The van der Waals surface area contributed by atoms with Crippen LogP contribution in [0.1, 0.15) is 27.0 Å². The van der Waals surface area contributed by atoms with Crippen LogP contribution in [0.5, 0.6) is 0 Å². The van der Waals surface area contributed by atoms with Gasteiger partial charge in [-0.2, -0.15) is 26.3 Å². The number of rotatable bonds is 2. The fourth-order valence-electron chi connectivity index (χ4n) is 1.90. The minimum Gasteiger partial charge on any atom is -0.288 e. The number of benzene rings is 2. The van der Waals surface area contributed by atoms with Crippen molar-refractivity contribution < 1.29 is 39.9 Å². The smallest absolute Gasteiger partial charge is 0.288 e. The van der Waals surface area contributed by atoms with Crippen molar-refractivity contribution in [3.63, 3.8) is 0 Å². The zero-order valence-electron chi connectivity index (χ0n) is 11.4. The van der Waals surface area contributed by atoms with Gasteiger partial charge in [0, 0.05) is 0 Å². The summed E-state index contributed by atoms with van der Waals surface area (Å²) in [5.74, 6) is -4.49. The second-order valence-corrected chi connectivity index (χ2v) is 4.71. The van der Waals surface area contributed by atoms with Crippen LogP contribution < -0.4 is 0 Å². The molecular formula is C15H6F8O. The van der Waals surface area contributed by atoms with Crippen LogP contribution in [0.3, 0.4) is 0 Å². The summed E-state index contributed by atoms with van der Waals surface area (Å²) in [7, 11) is 0. The van der Waals surface area contributed by atoms with Crippen molar-refractivity contribution in [1.82, 2.24) is 0 Å². The maximum atomic E-state index is 13.7. The monoisotopic (exact) mass is 354 g/mol. The van der Waals surface area contributed by atoms with Crippen molar-refractivity contribution in [2.24, 2.45) is 0 Å². The van der Waals surface area contributed by atoms with E-state index in [1.165, 1.54) is 0 Å². The Morgan fingerprint density at radius 1 is 0.667 bits per heavy atom. The minimum atomic E-state index is -4.85. The molecule has 0 aliphatic heterocycles. The van der Waals surface area contributed by atoms with Gasteiger partial charge in [0.25, 0.3) is 0 Å². The van der Waals surface area contributed by atoms with E-state index in [2.05, 4.69) is 0 Å². The van der Waals surface area contributed by atoms with E-state index in [9.17, 15) is 39.9 Å². The molecule has 0 aliphatic carbocycles. The molecule has 0 bridgehead atoms. The lowest BCUT2D eigenvalue weighted by Crippen LogP contribution is -2.12. The molecule has 0 radical (unpaired) electrons. The van der Waals surface area contributed by atoms with Crippen LogP contribution in [0.25, 0.3) is 0 Å². The molecule has 0 aromatic heterocycles. The first-order valence-corrected chi connectivity index (χ1v) is 6.19. The molecule has 0 unspecified atom stereocenters. The molecule has 0 saturated heterocycles. The molecule has 0 atom stereocenters. The van der Waals surface area contributed by atoms with Crippen LogP contribution in [0.2, 0.25) is 0 Å². The Kier molecular flexibility index (Phi) is 4.38. The van der Waals surface area contributed by atoms with Gasteiger partial charge in [-0.05, 0) is 36.4 Å². The molecule has 128 valence electrons. The third-order valence-electron chi connectivity index (χ3n) is 3.08. The quantitative estimate of drug-likeness (QED) is 0.533. The van der Waals surface area contributed by atoms with E-state index in [0.29, 0.717) is 24.3 Å². The molecular weight excluding hydrogens is 348 g/mol. The Morgan fingerprint density at radius 2 is 1.00 bits per heavy atom. The van der Waals surface area contributed by atoms with Gasteiger partial charge in [0.1, 0.15) is 11.6 Å². The summed E-state index contributed by atoms with van der Waals surface area (Å²) in [6.07, 6.45) is -9.69. The van der Waals surface area contributed by atoms with Gasteiger partial charge in [0.05, 0.1) is 22.3 Å². The van der Waals surface area contributed by atoms with Crippen LogP contribution in [0.15, 0.2) is 36.4 Å². The number of carbonyl (C=O) groups excluding carboxylic acids is 1. The highest BCUT2D eigenvalue weighted by molar-refractivity contribution is 6.09. The Labute approximate surface area is 129 Å². The first-order chi connectivity index (χ1) is 10.9. The second-order valence-electron chi connectivity index (χ2n) is 4.71. The summed E-state index contributed by atoms with van der Waals surface area (Å²) < 4.78 is 102. The van der Waals surface area contributed by atoms with Crippen molar-refractivity contribution in [3.8, 4) is 0 Å². The van der Waals surface area contributed by atoms with Crippen molar-refractivity contribution in [2.75, 3.05) is 0 Å². The van der Waals surface area contributed by atoms with E-state index in [1.807, 2.05) is 0 Å². The predicted molar refractivity (Wildman–Crippen MR) is 66.2 cm³/mol. The maximum Gasteiger partial charge on any atom is 0.416 e. The van der Waals surface area contributed by atoms with Crippen molar-refractivity contribution in [3.05, 3.63) is 70.3 Å². The highest BCUT2D eigenvalue weighted by atomic mass is 19.4. The molecule has 0 amide bonds. The SMILES string of the molecule is O=C(c1ccc(C(F)(F)F)cc1F)c1ccc(C(F)(F)F)cc1F. The van der Waals surface area contributed by atoms with Crippen LogP contribution >= 0.6 is 0 Å². The van der Waals surface area contributed by atoms with Gasteiger partial charge in [-0.15, -0.1) is 0 Å².